The molecule has 0 atom stereocenters. The summed E-state index contributed by atoms with van der Waals surface area (Å²) >= 11 is 5.98. The Morgan fingerprint density at radius 1 is 1.35 bits per heavy atom. The van der Waals surface area contributed by atoms with Gasteiger partial charge in [0.05, 0.1) is 4.90 Å². The Morgan fingerprint density at radius 3 is 2.40 bits per heavy atom. The third-order valence-electron chi connectivity index (χ3n) is 3.11. The molecule has 20 heavy (non-hydrogen) atoms. The Hall–Kier alpha value is -0.330. The van der Waals surface area contributed by atoms with E-state index in [0.29, 0.717) is 23.7 Å². The maximum absolute atomic E-state index is 12.5. The van der Waals surface area contributed by atoms with Gasteiger partial charge in [-0.2, -0.15) is 0 Å². The molecule has 2 N–H and O–H groups in total. The number of hydrogen-bond acceptors (Lipinski definition) is 3. The van der Waals surface area contributed by atoms with Crippen LogP contribution in [0.5, 0.6) is 0 Å². The zero-order chi connectivity index (χ0) is 14.8. The second-order valence-electron chi connectivity index (χ2n) is 5.49. The lowest BCUT2D eigenvalue weighted by Gasteiger charge is -2.28. The summed E-state index contributed by atoms with van der Waals surface area (Å²) < 4.78 is 26.4. The quantitative estimate of drug-likeness (QED) is 0.896. The first-order valence-corrected chi connectivity index (χ1v) is 7.85. The van der Waals surface area contributed by atoms with Crippen LogP contribution >= 0.6 is 24.0 Å². The van der Waals surface area contributed by atoms with Crippen LogP contribution in [-0.4, -0.2) is 32.9 Å². The van der Waals surface area contributed by atoms with Crippen LogP contribution in [0.15, 0.2) is 23.1 Å². The Kier molecular flexibility index (Phi) is 6.97. The van der Waals surface area contributed by atoms with Crippen molar-refractivity contribution in [3.63, 3.8) is 0 Å². The fraction of sp³-hybridized carbons (Fsp3) is 0.538. The number of hydrogen-bond donors (Lipinski definition) is 1. The number of nitrogens with zero attached hydrogens (tertiary/aromatic N) is 1. The van der Waals surface area contributed by atoms with Gasteiger partial charge in [0.2, 0.25) is 10.0 Å². The molecule has 0 aliphatic carbocycles. The lowest BCUT2D eigenvalue weighted by atomic mass is 9.94. The molecule has 0 saturated heterocycles. The molecule has 4 nitrogen and oxygen atoms in total. The molecule has 0 aromatic heterocycles. The van der Waals surface area contributed by atoms with Gasteiger partial charge in [0.25, 0.3) is 0 Å². The van der Waals surface area contributed by atoms with Gasteiger partial charge in [-0.3, -0.25) is 0 Å². The molecule has 1 aromatic carbocycles. The van der Waals surface area contributed by atoms with Crippen molar-refractivity contribution in [1.82, 2.24) is 4.31 Å². The smallest absolute Gasteiger partial charge is 0.243 e. The van der Waals surface area contributed by atoms with Gasteiger partial charge in [-0.1, -0.05) is 31.5 Å². The molecular weight excluding hydrogens is 319 g/mol. The van der Waals surface area contributed by atoms with Gasteiger partial charge < -0.3 is 5.73 Å². The summed E-state index contributed by atoms with van der Waals surface area (Å²) in [6.45, 7) is 6.35. The van der Waals surface area contributed by atoms with E-state index in [1.54, 1.807) is 32.2 Å². The van der Waals surface area contributed by atoms with E-state index in [4.69, 9.17) is 17.3 Å². The van der Waals surface area contributed by atoms with Crippen molar-refractivity contribution in [2.24, 2.45) is 11.1 Å². The van der Waals surface area contributed by atoms with Crippen molar-refractivity contribution in [2.75, 3.05) is 20.1 Å². The zero-order valence-electron chi connectivity index (χ0n) is 12.2. The van der Waals surface area contributed by atoms with E-state index in [9.17, 15) is 8.42 Å². The summed E-state index contributed by atoms with van der Waals surface area (Å²) in [4.78, 5) is 0.246. The minimum Gasteiger partial charge on any atom is -0.330 e. The van der Waals surface area contributed by atoms with Crippen LogP contribution in [0.2, 0.25) is 5.02 Å². The highest BCUT2D eigenvalue weighted by atomic mass is 35.5. The summed E-state index contributed by atoms with van der Waals surface area (Å²) in [6, 6.07) is 4.90. The molecule has 0 fully saturated rings. The highest BCUT2D eigenvalue weighted by Crippen LogP contribution is 2.26. The van der Waals surface area contributed by atoms with Crippen molar-refractivity contribution < 1.29 is 8.42 Å². The Balaban J connectivity index is 0.00000361. The Labute approximate surface area is 132 Å². The lowest BCUT2D eigenvalue weighted by Crippen LogP contribution is -2.39. The fourth-order valence-electron chi connectivity index (χ4n) is 1.79. The molecule has 7 heteroatoms. The van der Waals surface area contributed by atoms with Gasteiger partial charge in [-0.05, 0) is 36.6 Å². The molecule has 0 spiro atoms. The van der Waals surface area contributed by atoms with E-state index in [2.05, 4.69) is 0 Å². The first-order valence-electron chi connectivity index (χ1n) is 6.03. The first kappa shape index (κ1) is 19.7. The van der Waals surface area contributed by atoms with E-state index in [1.165, 1.54) is 4.31 Å². The van der Waals surface area contributed by atoms with E-state index >= 15 is 0 Å². The van der Waals surface area contributed by atoms with Crippen LogP contribution in [0.3, 0.4) is 0 Å². The minimum absolute atomic E-state index is 0. The van der Waals surface area contributed by atoms with Gasteiger partial charge in [-0.15, -0.1) is 12.4 Å². The van der Waals surface area contributed by atoms with Crippen molar-refractivity contribution in [1.29, 1.82) is 0 Å². The van der Waals surface area contributed by atoms with Crippen LogP contribution in [0.25, 0.3) is 0 Å². The van der Waals surface area contributed by atoms with Crippen LogP contribution in [0.1, 0.15) is 19.4 Å². The van der Waals surface area contributed by atoms with Crippen LogP contribution in [0.4, 0.5) is 0 Å². The van der Waals surface area contributed by atoms with Gasteiger partial charge in [0.15, 0.2) is 0 Å². The average Bonchev–Trinajstić information content (AvgIpc) is 2.31. The SMILES string of the molecule is Cc1c(Cl)cccc1S(=O)(=O)N(C)CC(C)(C)CN.Cl. The maximum atomic E-state index is 12.5. The van der Waals surface area contributed by atoms with E-state index in [0.717, 1.165) is 0 Å². The summed E-state index contributed by atoms with van der Waals surface area (Å²) in [5.74, 6) is 0. The average molecular weight is 341 g/mol. The summed E-state index contributed by atoms with van der Waals surface area (Å²) in [7, 11) is -1.98. The summed E-state index contributed by atoms with van der Waals surface area (Å²) in [5.41, 5.74) is 5.95. The number of halogens is 2. The predicted octanol–water partition coefficient (Wildman–Crippen LogP) is 2.68. The third-order valence-corrected chi connectivity index (χ3v) is 5.47. The highest BCUT2D eigenvalue weighted by molar-refractivity contribution is 7.89. The monoisotopic (exact) mass is 340 g/mol. The van der Waals surface area contributed by atoms with Gasteiger partial charge in [0, 0.05) is 18.6 Å². The molecular formula is C13H22Cl2N2O2S. The highest BCUT2D eigenvalue weighted by Gasteiger charge is 2.28. The van der Waals surface area contributed by atoms with Crippen molar-refractivity contribution in [2.45, 2.75) is 25.7 Å². The number of nitrogens with two attached hydrogens (primary N) is 1. The summed E-state index contributed by atoms with van der Waals surface area (Å²) in [6.07, 6.45) is 0. The van der Waals surface area contributed by atoms with Gasteiger partial charge in [0.1, 0.15) is 0 Å². The predicted molar refractivity (Wildman–Crippen MR) is 86.1 cm³/mol. The first-order chi connectivity index (χ1) is 8.62. The molecule has 0 aliphatic heterocycles. The van der Waals surface area contributed by atoms with Crippen LogP contribution in [-0.2, 0) is 10.0 Å². The van der Waals surface area contributed by atoms with Crippen molar-refractivity contribution >= 4 is 34.0 Å². The Bertz CT molecular complexity index is 559. The number of rotatable bonds is 5. The number of sulfonamides is 1. The van der Waals surface area contributed by atoms with E-state index in [-0.39, 0.29) is 22.7 Å². The molecule has 1 rings (SSSR count). The molecule has 0 radical (unpaired) electrons. The topological polar surface area (TPSA) is 63.4 Å². The fourth-order valence-corrected chi connectivity index (χ4v) is 3.62. The van der Waals surface area contributed by atoms with E-state index in [1.807, 2.05) is 13.8 Å². The zero-order valence-corrected chi connectivity index (χ0v) is 14.6. The van der Waals surface area contributed by atoms with Crippen LogP contribution < -0.4 is 5.73 Å². The van der Waals surface area contributed by atoms with Crippen molar-refractivity contribution in [3.05, 3.63) is 28.8 Å². The second-order valence-corrected chi connectivity index (χ2v) is 7.91. The van der Waals surface area contributed by atoms with Gasteiger partial charge in [-0.25, -0.2) is 12.7 Å². The van der Waals surface area contributed by atoms with Gasteiger partial charge >= 0.3 is 0 Å². The third kappa shape index (κ3) is 4.33. The minimum atomic E-state index is -3.54. The van der Waals surface area contributed by atoms with Crippen molar-refractivity contribution in [3.8, 4) is 0 Å². The molecule has 0 heterocycles. The number of benzene rings is 1. The molecule has 116 valence electrons. The molecule has 1 aromatic rings. The lowest BCUT2D eigenvalue weighted by molar-refractivity contribution is 0.292. The molecule has 0 saturated carbocycles. The van der Waals surface area contributed by atoms with Crippen LogP contribution in [0, 0.1) is 12.3 Å². The summed E-state index contributed by atoms with van der Waals surface area (Å²) in [5, 5.41) is 0.451. The van der Waals surface area contributed by atoms with E-state index < -0.39 is 10.0 Å². The normalized spacial score (nSPS) is 12.3. The molecule has 0 unspecified atom stereocenters. The second kappa shape index (κ2) is 7.09. The molecule has 0 amide bonds. The largest absolute Gasteiger partial charge is 0.330 e. The Morgan fingerprint density at radius 2 is 1.90 bits per heavy atom. The molecule has 0 bridgehead atoms. The maximum Gasteiger partial charge on any atom is 0.243 e. The standard InChI is InChI=1S/C13H21ClN2O2S.ClH/c1-10-11(14)6-5-7-12(10)19(17,18)16(4)9-13(2,3)8-15;/h5-7H,8-9,15H2,1-4H3;1H. The molecule has 0 aliphatic rings.